The Kier molecular flexibility index (Phi) is 8.61. The summed E-state index contributed by atoms with van der Waals surface area (Å²) in [5, 5.41) is 0. The molecule has 2 aliphatic rings. The van der Waals surface area contributed by atoms with E-state index < -0.39 is 0 Å². The predicted molar refractivity (Wildman–Crippen MR) is 140 cm³/mol. The van der Waals surface area contributed by atoms with E-state index in [9.17, 15) is 0 Å². The SMILES string of the molecule is CONCC1=CC=C(CCCCC2CC(N=CC(=CN)c3cnc4ccccc4n3)C2)C(C)C1. The van der Waals surface area contributed by atoms with Crippen molar-refractivity contribution in [3.05, 3.63) is 65.7 Å². The second-order valence-corrected chi connectivity index (χ2v) is 9.58. The van der Waals surface area contributed by atoms with Crippen molar-refractivity contribution in [2.24, 2.45) is 22.6 Å². The fourth-order valence-electron chi connectivity index (χ4n) is 4.90. The van der Waals surface area contributed by atoms with Crippen molar-refractivity contribution < 1.29 is 4.84 Å². The van der Waals surface area contributed by atoms with Crippen molar-refractivity contribution in [2.45, 2.75) is 57.9 Å². The molecular weight excluding hydrogens is 422 g/mol. The first-order valence-electron chi connectivity index (χ1n) is 12.5. The van der Waals surface area contributed by atoms with Crippen LogP contribution in [0.3, 0.4) is 0 Å². The van der Waals surface area contributed by atoms with Crippen LogP contribution in [-0.2, 0) is 4.84 Å². The molecule has 0 radical (unpaired) electrons. The van der Waals surface area contributed by atoms with E-state index in [1.807, 2.05) is 30.5 Å². The molecule has 34 heavy (non-hydrogen) atoms. The first-order valence-corrected chi connectivity index (χ1v) is 12.5. The lowest BCUT2D eigenvalue weighted by molar-refractivity contribution is 0.0981. The fraction of sp³-hybridized carbons (Fsp3) is 0.464. The molecule has 0 amide bonds. The van der Waals surface area contributed by atoms with Crippen molar-refractivity contribution in [1.29, 1.82) is 0 Å². The molecule has 1 aromatic heterocycles. The van der Waals surface area contributed by atoms with Gasteiger partial charge in [0.1, 0.15) is 0 Å². The average Bonchev–Trinajstić information content (AvgIpc) is 2.84. The number of nitrogens with one attached hydrogen (secondary N) is 1. The third-order valence-electron chi connectivity index (χ3n) is 7.06. The first-order chi connectivity index (χ1) is 16.7. The Balaban J connectivity index is 1.17. The van der Waals surface area contributed by atoms with Gasteiger partial charge in [-0.3, -0.25) is 9.98 Å². The van der Waals surface area contributed by atoms with Crippen LogP contribution < -0.4 is 11.2 Å². The molecule has 1 atom stereocenters. The summed E-state index contributed by atoms with van der Waals surface area (Å²) in [6.07, 6.45) is 18.4. The minimum absolute atomic E-state index is 0.402. The second kappa shape index (κ2) is 12.0. The molecule has 1 unspecified atom stereocenters. The Morgan fingerprint density at radius 1 is 1.21 bits per heavy atom. The molecule has 0 spiro atoms. The Morgan fingerprint density at radius 3 is 2.79 bits per heavy atom. The molecule has 4 rings (SSSR count). The van der Waals surface area contributed by atoms with Crippen molar-refractivity contribution in [3.63, 3.8) is 0 Å². The van der Waals surface area contributed by atoms with E-state index in [1.165, 1.54) is 44.1 Å². The molecule has 2 aromatic rings. The molecule has 0 saturated heterocycles. The van der Waals surface area contributed by atoms with Crippen LogP contribution in [0.25, 0.3) is 16.6 Å². The maximum Gasteiger partial charge on any atom is 0.0922 e. The third-order valence-corrected chi connectivity index (χ3v) is 7.06. The molecule has 0 bridgehead atoms. The van der Waals surface area contributed by atoms with E-state index >= 15 is 0 Å². The zero-order valence-corrected chi connectivity index (χ0v) is 20.4. The maximum atomic E-state index is 5.87. The standard InChI is InChI=1S/C28H37N5O/c1-20-13-22(17-32-34-2)11-12-23(20)8-4-3-7-21-14-25(15-21)30-18-24(16-29)28-19-31-26-9-5-6-10-27(26)33-28/h5-6,9-12,16,18-21,25,32H,3-4,7-8,13-15,17,29H2,1-2H3. The van der Waals surface area contributed by atoms with E-state index in [4.69, 9.17) is 15.6 Å². The van der Waals surface area contributed by atoms with Gasteiger partial charge in [0.25, 0.3) is 0 Å². The molecule has 0 aliphatic heterocycles. The van der Waals surface area contributed by atoms with Crippen LogP contribution in [0.15, 0.2) is 65.0 Å². The van der Waals surface area contributed by atoms with Gasteiger partial charge < -0.3 is 10.6 Å². The largest absolute Gasteiger partial charge is 0.404 e. The summed E-state index contributed by atoms with van der Waals surface area (Å²) in [4.78, 5) is 18.9. The number of nitrogens with zero attached hydrogens (tertiary/aromatic N) is 3. The van der Waals surface area contributed by atoms with Gasteiger partial charge in [0, 0.05) is 24.5 Å². The topological polar surface area (TPSA) is 85.4 Å². The lowest BCUT2D eigenvalue weighted by Crippen LogP contribution is -2.27. The highest BCUT2D eigenvalue weighted by atomic mass is 16.6. The Hall–Kier alpha value is -2.83. The number of aliphatic imine (C=N–C) groups is 1. The van der Waals surface area contributed by atoms with Crippen molar-refractivity contribution >= 4 is 22.8 Å². The van der Waals surface area contributed by atoms with Crippen molar-refractivity contribution in [2.75, 3.05) is 13.7 Å². The molecule has 3 N–H and O–H groups in total. The van der Waals surface area contributed by atoms with Crippen LogP contribution in [0, 0.1) is 11.8 Å². The van der Waals surface area contributed by atoms with Gasteiger partial charge in [-0.1, -0.05) is 55.2 Å². The summed E-state index contributed by atoms with van der Waals surface area (Å²) < 4.78 is 0. The average molecular weight is 460 g/mol. The number of para-hydroxylation sites is 2. The number of allylic oxidation sites excluding steroid dienone is 4. The van der Waals surface area contributed by atoms with Gasteiger partial charge in [-0.15, -0.1) is 0 Å². The van der Waals surface area contributed by atoms with Gasteiger partial charge >= 0.3 is 0 Å². The van der Waals surface area contributed by atoms with E-state index in [-0.39, 0.29) is 0 Å². The van der Waals surface area contributed by atoms with Gasteiger partial charge in [-0.25, -0.2) is 4.98 Å². The number of hydrogen-bond acceptors (Lipinski definition) is 6. The smallest absolute Gasteiger partial charge is 0.0922 e. The Labute approximate surface area is 203 Å². The molecule has 180 valence electrons. The number of hydroxylamine groups is 1. The molecule has 1 saturated carbocycles. The number of benzene rings is 1. The van der Waals surface area contributed by atoms with E-state index in [2.05, 4.69) is 34.5 Å². The van der Waals surface area contributed by atoms with E-state index in [1.54, 1.807) is 25.1 Å². The fourth-order valence-corrected chi connectivity index (χ4v) is 4.90. The molecule has 6 nitrogen and oxygen atoms in total. The van der Waals surface area contributed by atoms with Crippen LogP contribution in [0.1, 0.15) is 57.6 Å². The molecule has 1 aromatic carbocycles. The highest BCUT2D eigenvalue weighted by Crippen LogP contribution is 2.35. The molecule has 1 heterocycles. The minimum atomic E-state index is 0.402. The van der Waals surface area contributed by atoms with Gasteiger partial charge in [0.15, 0.2) is 0 Å². The lowest BCUT2D eigenvalue weighted by atomic mass is 9.77. The first kappa shape index (κ1) is 24.3. The monoisotopic (exact) mass is 459 g/mol. The number of hydrogen-bond donors (Lipinski definition) is 2. The summed E-state index contributed by atoms with van der Waals surface area (Å²) in [5.74, 6) is 1.44. The minimum Gasteiger partial charge on any atom is -0.404 e. The molecular formula is C28H37N5O. The number of fused-ring (bicyclic) bond motifs is 1. The Morgan fingerprint density at radius 2 is 2.03 bits per heavy atom. The maximum absolute atomic E-state index is 5.87. The summed E-state index contributed by atoms with van der Waals surface area (Å²) in [6, 6.07) is 8.26. The zero-order valence-electron chi connectivity index (χ0n) is 20.4. The van der Waals surface area contributed by atoms with Gasteiger partial charge in [-0.05, 0) is 56.1 Å². The number of unbranched alkanes of at least 4 members (excludes halogenated alkanes) is 1. The predicted octanol–water partition coefficient (Wildman–Crippen LogP) is 5.38. The quantitative estimate of drug-likeness (QED) is 0.268. The van der Waals surface area contributed by atoms with Crippen molar-refractivity contribution in [1.82, 2.24) is 15.4 Å². The van der Waals surface area contributed by atoms with Gasteiger partial charge in [-0.2, -0.15) is 5.48 Å². The van der Waals surface area contributed by atoms with E-state index in [0.717, 1.165) is 41.2 Å². The number of rotatable bonds is 11. The summed E-state index contributed by atoms with van der Waals surface area (Å²) in [6.45, 7) is 3.15. The van der Waals surface area contributed by atoms with E-state index in [0.29, 0.717) is 12.0 Å². The third kappa shape index (κ3) is 6.39. The normalized spacial score (nSPS) is 23.1. The molecule has 2 aliphatic carbocycles. The van der Waals surface area contributed by atoms with Gasteiger partial charge in [0.2, 0.25) is 0 Å². The van der Waals surface area contributed by atoms with Crippen LogP contribution >= 0.6 is 0 Å². The Bertz CT molecular complexity index is 1080. The molecule has 1 fully saturated rings. The van der Waals surface area contributed by atoms with Crippen molar-refractivity contribution in [3.8, 4) is 0 Å². The second-order valence-electron chi connectivity index (χ2n) is 9.58. The summed E-state index contributed by atoms with van der Waals surface area (Å²) >= 11 is 0. The summed E-state index contributed by atoms with van der Waals surface area (Å²) in [7, 11) is 1.67. The van der Waals surface area contributed by atoms with Gasteiger partial charge in [0.05, 0.1) is 36.1 Å². The highest BCUT2D eigenvalue weighted by molar-refractivity contribution is 6.09. The van der Waals surface area contributed by atoms with Crippen LogP contribution in [-0.4, -0.2) is 35.9 Å². The van der Waals surface area contributed by atoms with Crippen LogP contribution in [0.5, 0.6) is 0 Å². The lowest BCUT2D eigenvalue weighted by Gasteiger charge is -2.32. The number of aromatic nitrogens is 2. The highest BCUT2D eigenvalue weighted by Gasteiger charge is 2.27. The zero-order chi connectivity index (χ0) is 23.8. The number of nitrogens with two attached hydrogens (primary N) is 1. The molecule has 6 heteroatoms. The summed E-state index contributed by atoms with van der Waals surface area (Å²) in [5.41, 5.74) is 15.2. The van der Waals surface area contributed by atoms with Crippen LogP contribution in [0.2, 0.25) is 0 Å². The van der Waals surface area contributed by atoms with Crippen LogP contribution in [0.4, 0.5) is 0 Å².